The second kappa shape index (κ2) is 4.23. The summed E-state index contributed by atoms with van der Waals surface area (Å²) in [5.74, 6) is 0.303. The van der Waals surface area contributed by atoms with Gasteiger partial charge in [-0.25, -0.2) is 0 Å². The number of aromatic nitrogens is 1. The van der Waals surface area contributed by atoms with Crippen LogP contribution < -0.4 is 0 Å². The lowest BCUT2D eigenvalue weighted by atomic mass is 10.2. The summed E-state index contributed by atoms with van der Waals surface area (Å²) in [4.78, 5) is 13.1. The van der Waals surface area contributed by atoms with E-state index < -0.39 is 6.10 Å². The smallest absolute Gasteiger partial charge is 0.258 e. The lowest BCUT2D eigenvalue weighted by Crippen LogP contribution is -2.33. The molecule has 0 aromatic carbocycles. The first-order chi connectivity index (χ1) is 6.52. The van der Waals surface area contributed by atoms with Gasteiger partial charge >= 0.3 is 0 Å². The van der Waals surface area contributed by atoms with E-state index in [9.17, 15) is 4.79 Å². The normalized spacial score (nSPS) is 12.6. The summed E-state index contributed by atoms with van der Waals surface area (Å²) in [5, 5.41) is 12.6. The van der Waals surface area contributed by atoms with Gasteiger partial charge in [0.15, 0.2) is 0 Å². The predicted molar refractivity (Wildman–Crippen MR) is 49.9 cm³/mol. The largest absolute Gasteiger partial charge is 0.392 e. The molecule has 0 bridgehead atoms. The summed E-state index contributed by atoms with van der Waals surface area (Å²) in [6.45, 7) is 3.60. The molecule has 1 atom stereocenters. The predicted octanol–water partition coefficient (Wildman–Crippen LogP) is 0.436. The van der Waals surface area contributed by atoms with Gasteiger partial charge in [-0.2, -0.15) is 0 Å². The Kier molecular flexibility index (Phi) is 3.24. The van der Waals surface area contributed by atoms with Gasteiger partial charge in [-0.05, 0) is 13.8 Å². The Bertz CT molecular complexity index is 320. The summed E-state index contributed by atoms with van der Waals surface area (Å²) in [7, 11) is 1.63. The first kappa shape index (κ1) is 10.7. The van der Waals surface area contributed by atoms with Crippen molar-refractivity contribution in [2.75, 3.05) is 13.6 Å². The molecule has 1 aromatic heterocycles. The van der Waals surface area contributed by atoms with Crippen molar-refractivity contribution in [2.45, 2.75) is 20.0 Å². The van der Waals surface area contributed by atoms with Crippen molar-refractivity contribution in [3.05, 3.63) is 17.5 Å². The number of nitrogens with zero attached hydrogens (tertiary/aromatic N) is 2. The molecule has 0 aliphatic heterocycles. The van der Waals surface area contributed by atoms with Gasteiger partial charge in [0.2, 0.25) is 0 Å². The van der Waals surface area contributed by atoms with Crippen molar-refractivity contribution in [3.63, 3.8) is 0 Å². The molecule has 1 N–H and O–H groups in total. The average molecular weight is 198 g/mol. The second-order valence-corrected chi connectivity index (χ2v) is 3.33. The Labute approximate surface area is 82.3 Å². The number of carbonyl (C=O) groups is 1. The molecule has 0 saturated carbocycles. The van der Waals surface area contributed by atoms with Gasteiger partial charge in [-0.1, -0.05) is 5.16 Å². The van der Waals surface area contributed by atoms with E-state index in [4.69, 9.17) is 9.63 Å². The monoisotopic (exact) mass is 198 g/mol. The fraction of sp³-hybridized carbons (Fsp3) is 0.556. The number of rotatable bonds is 3. The number of aliphatic hydroxyl groups excluding tert-OH is 1. The van der Waals surface area contributed by atoms with E-state index >= 15 is 0 Å². The Morgan fingerprint density at radius 2 is 2.43 bits per heavy atom. The SMILES string of the molecule is Cc1oncc1C(=O)N(C)CC(C)O. The van der Waals surface area contributed by atoms with Crippen LogP contribution in [0.15, 0.2) is 10.7 Å². The van der Waals surface area contributed by atoms with Crippen LogP contribution in [0.2, 0.25) is 0 Å². The molecule has 0 aliphatic rings. The van der Waals surface area contributed by atoms with Crippen molar-refractivity contribution in [3.8, 4) is 0 Å². The molecule has 1 amide bonds. The van der Waals surface area contributed by atoms with Gasteiger partial charge in [0.05, 0.1) is 12.3 Å². The van der Waals surface area contributed by atoms with Crippen LogP contribution in [0.4, 0.5) is 0 Å². The van der Waals surface area contributed by atoms with Crippen molar-refractivity contribution in [1.82, 2.24) is 10.1 Å². The number of hydrogen-bond acceptors (Lipinski definition) is 4. The molecule has 14 heavy (non-hydrogen) atoms. The third-order valence-electron chi connectivity index (χ3n) is 1.87. The Morgan fingerprint density at radius 1 is 1.79 bits per heavy atom. The number of likely N-dealkylation sites (N-methyl/N-ethyl adjacent to an activating group) is 1. The lowest BCUT2D eigenvalue weighted by Gasteiger charge is -2.17. The maximum absolute atomic E-state index is 11.7. The first-order valence-electron chi connectivity index (χ1n) is 4.37. The average Bonchev–Trinajstić information content (AvgIpc) is 2.48. The quantitative estimate of drug-likeness (QED) is 0.765. The Hall–Kier alpha value is -1.36. The minimum Gasteiger partial charge on any atom is -0.392 e. The zero-order valence-electron chi connectivity index (χ0n) is 8.52. The molecule has 78 valence electrons. The van der Waals surface area contributed by atoms with E-state index in [0.717, 1.165) is 0 Å². The summed E-state index contributed by atoms with van der Waals surface area (Å²) in [5.41, 5.74) is 0.438. The zero-order valence-corrected chi connectivity index (χ0v) is 8.52. The summed E-state index contributed by atoms with van der Waals surface area (Å²) < 4.78 is 4.78. The molecule has 0 radical (unpaired) electrons. The van der Waals surface area contributed by atoms with Gasteiger partial charge in [-0.3, -0.25) is 4.79 Å². The van der Waals surface area contributed by atoms with Crippen LogP contribution in [0.5, 0.6) is 0 Å². The van der Waals surface area contributed by atoms with Crippen LogP contribution >= 0.6 is 0 Å². The standard InChI is InChI=1S/C9H14N2O3/c1-6(12)5-11(3)9(13)8-4-10-14-7(8)2/h4,6,12H,5H2,1-3H3. The fourth-order valence-corrected chi connectivity index (χ4v) is 1.19. The highest BCUT2D eigenvalue weighted by Crippen LogP contribution is 2.08. The zero-order chi connectivity index (χ0) is 10.7. The van der Waals surface area contributed by atoms with E-state index in [2.05, 4.69) is 5.16 Å². The summed E-state index contributed by atoms with van der Waals surface area (Å²) in [6.07, 6.45) is 0.847. The topological polar surface area (TPSA) is 66.6 Å². The van der Waals surface area contributed by atoms with Gasteiger partial charge < -0.3 is 14.5 Å². The number of aryl methyl sites for hydroxylation is 1. The van der Waals surface area contributed by atoms with Gasteiger partial charge in [0.25, 0.3) is 5.91 Å². The minimum absolute atomic E-state index is 0.190. The molecule has 1 heterocycles. The van der Waals surface area contributed by atoms with Crippen LogP contribution in [-0.4, -0.2) is 40.8 Å². The third kappa shape index (κ3) is 2.32. The minimum atomic E-state index is -0.538. The third-order valence-corrected chi connectivity index (χ3v) is 1.87. The molecular formula is C9H14N2O3. The van der Waals surface area contributed by atoms with Gasteiger partial charge in [0.1, 0.15) is 11.3 Å². The molecule has 0 aliphatic carbocycles. The molecule has 1 aromatic rings. The van der Waals surface area contributed by atoms with Crippen LogP contribution in [0.3, 0.4) is 0 Å². The van der Waals surface area contributed by atoms with Crippen molar-refractivity contribution >= 4 is 5.91 Å². The number of carbonyl (C=O) groups excluding carboxylic acids is 1. The molecule has 0 fully saturated rings. The first-order valence-corrected chi connectivity index (χ1v) is 4.37. The van der Waals surface area contributed by atoms with E-state index in [0.29, 0.717) is 17.9 Å². The highest BCUT2D eigenvalue weighted by molar-refractivity contribution is 5.94. The molecule has 1 rings (SSSR count). The van der Waals surface area contributed by atoms with Crippen molar-refractivity contribution in [2.24, 2.45) is 0 Å². The molecular weight excluding hydrogens is 184 g/mol. The van der Waals surface area contributed by atoms with Gasteiger partial charge in [-0.15, -0.1) is 0 Å². The molecule has 0 saturated heterocycles. The van der Waals surface area contributed by atoms with Crippen LogP contribution in [-0.2, 0) is 0 Å². The highest BCUT2D eigenvalue weighted by atomic mass is 16.5. The van der Waals surface area contributed by atoms with E-state index in [1.807, 2.05) is 0 Å². The van der Waals surface area contributed by atoms with Crippen molar-refractivity contribution < 1.29 is 14.4 Å². The van der Waals surface area contributed by atoms with Crippen LogP contribution in [0.25, 0.3) is 0 Å². The molecule has 0 spiro atoms. The number of hydrogen-bond donors (Lipinski definition) is 1. The van der Waals surface area contributed by atoms with Crippen LogP contribution in [0, 0.1) is 6.92 Å². The number of aliphatic hydroxyl groups is 1. The second-order valence-electron chi connectivity index (χ2n) is 3.33. The van der Waals surface area contributed by atoms with E-state index in [1.165, 1.54) is 11.1 Å². The van der Waals surface area contributed by atoms with Gasteiger partial charge in [0, 0.05) is 13.6 Å². The lowest BCUT2D eigenvalue weighted by molar-refractivity contribution is 0.0702. The highest BCUT2D eigenvalue weighted by Gasteiger charge is 2.17. The maximum Gasteiger partial charge on any atom is 0.258 e. The Morgan fingerprint density at radius 3 is 2.86 bits per heavy atom. The fourth-order valence-electron chi connectivity index (χ4n) is 1.19. The summed E-state index contributed by atoms with van der Waals surface area (Å²) >= 11 is 0. The maximum atomic E-state index is 11.7. The van der Waals surface area contributed by atoms with E-state index in [1.54, 1.807) is 20.9 Å². The molecule has 1 unspecified atom stereocenters. The van der Waals surface area contributed by atoms with Crippen molar-refractivity contribution in [1.29, 1.82) is 0 Å². The van der Waals surface area contributed by atoms with Crippen LogP contribution in [0.1, 0.15) is 23.0 Å². The number of amides is 1. The molecule has 5 heteroatoms. The molecule has 5 nitrogen and oxygen atoms in total. The summed E-state index contributed by atoms with van der Waals surface area (Å²) in [6, 6.07) is 0. The Balaban J connectivity index is 2.71. The van der Waals surface area contributed by atoms with E-state index in [-0.39, 0.29) is 5.91 Å².